The van der Waals surface area contributed by atoms with E-state index in [1.54, 1.807) is 0 Å². The Kier molecular flexibility index (Phi) is 7.10. The zero-order chi connectivity index (χ0) is 38.5. The topological polar surface area (TPSA) is 21.3 Å². The molecule has 0 radical (unpaired) electrons. The molecule has 0 unspecified atom stereocenters. The smallest absolute Gasteiger partial charge is 0.138 e. The highest BCUT2D eigenvalue weighted by atomic mass is 16.3. The summed E-state index contributed by atoms with van der Waals surface area (Å²) in [7, 11) is 0. The Bertz CT molecular complexity index is 3370. The van der Waals surface area contributed by atoms with E-state index in [1.807, 2.05) is 0 Å². The second-order valence-electron chi connectivity index (χ2n) is 16.4. The number of furan rings is 1. The fraction of sp³-hybridized carbons (Fsp3) is 0.0909. The fourth-order valence-corrected chi connectivity index (χ4v) is 10.1. The number of benzene rings is 8. The standard InChI is InChI=1S/C55H40N2O/c1-55(2)45-25-13-11-23-41(45)42-30-28-38(32-46(42)55)56(37-20-7-4-8-21-37)39-29-31-43-48(33-39)57(47-26-15-19-35-16-9-10-22-40(35)47)49-34-51-54(44-24-12-14-27-50(44)58-51)52(53(43)49)36-17-5-3-6-18-36/h3,5-7,9-34H,4,8H2,1-2H3. The summed E-state index contributed by atoms with van der Waals surface area (Å²) in [6, 6.07) is 60.1. The van der Waals surface area contributed by atoms with E-state index in [2.05, 4.69) is 205 Å². The van der Waals surface area contributed by atoms with Gasteiger partial charge in [0.15, 0.2) is 0 Å². The van der Waals surface area contributed by atoms with Gasteiger partial charge in [-0.3, -0.25) is 0 Å². The molecule has 2 heterocycles. The summed E-state index contributed by atoms with van der Waals surface area (Å²) < 4.78 is 9.22. The first-order valence-electron chi connectivity index (χ1n) is 20.4. The van der Waals surface area contributed by atoms with Gasteiger partial charge in [0.05, 0.1) is 16.7 Å². The minimum absolute atomic E-state index is 0.107. The van der Waals surface area contributed by atoms with Crippen molar-refractivity contribution in [3.05, 3.63) is 199 Å². The summed E-state index contributed by atoms with van der Waals surface area (Å²) in [6.07, 6.45) is 9.07. The average molecular weight is 745 g/mol. The maximum Gasteiger partial charge on any atom is 0.138 e. The summed E-state index contributed by atoms with van der Waals surface area (Å²) in [4.78, 5) is 2.47. The van der Waals surface area contributed by atoms with Crippen LogP contribution in [0.25, 0.3) is 82.5 Å². The van der Waals surface area contributed by atoms with Gasteiger partial charge in [-0.25, -0.2) is 0 Å². The van der Waals surface area contributed by atoms with Crippen LogP contribution in [0.3, 0.4) is 0 Å². The first kappa shape index (κ1) is 33.1. The van der Waals surface area contributed by atoms with Crippen molar-refractivity contribution >= 4 is 65.9 Å². The quantitative estimate of drug-likeness (QED) is 0.175. The third-order valence-electron chi connectivity index (χ3n) is 12.8. The van der Waals surface area contributed by atoms with Crippen LogP contribution in [-0.4, -0.2) is 4.57 Å². The molecule has 2 aliphatic rings. The van der Waals surface area contributed by atoms with Crippen LogP contribution in [0.2, 0.25) is 0 Å². The first-order chi connectivity index (χ1) is 28.5. The van der Waals surface area contributed by atoms with Crippen molar-refractivity contribution in [1.29, 1.82) is 0 Å². The number of aromatic nitrogens is 1. The van der Waals surface area contributed by atoms with E-state index in [1.165, 1.54) is 66.3 Å². The molecule has 12 rings (SSSR count). The van der Waals surface area contributed by atoms with Crippen LogP contribution in [0, 0.1) is 0 Å². The summed E-state index contributed by atoms with van der Waals surface area (Å²) in [5.74, 6) is 0. The molecule has 276 valence electrons. The molecular formula is C55H40N2O. The predicted octanol–water partition coefficient (Wildman–Crippen LogP) is 15.2. The maximum absolute atomic E-state index is 6.74. The van der Waals surface area contributed by atoms with Crippen molar-refractivity contribution in [2.24, 2.45) is 0 Å². The van der Waals surface area contributed by atoms with E-state index < -0.39 is 0 Å². The number of hydrogen-bond donors (Lipinski definition) is 0. The number of nitrogens with zero attached hydrogens (tertiary/aromatic N) is 2. The molecule has 10 aromatic rings. The highest BCUT2D eigenvalue weighted by molar-refractivity contribution is 6.27. The van der Waals surface area contributed by atoms with Crippen molar-refractivity contribution in [2.75, 3.05) is 4.90 Å². The molecule has 0 fully saturated rings. The highest BCUT2D eigenvalue weighted by Gasteiger charge is 2.36. The third-order valence-corrected chi connectivity index (χ3v) is 12.8. The first-order valence-corrected chi connectivity index (χ1v) is 20.4. The van der Waals surface area contributed by atoms with Gasteiger partial charge in [0.1, 0.15) is 11.2 Å². The highest BCUT2D eigenvalue weighted by Crippen LogP contribution is 2.51. The minimum atomic E-state index is -0.107. The van der Waals surface area contributed by atoms with E-state index in [0.717, 1.165) is 57.2 Å². The number of anilines is 2. The van der Waals surface area contributed by atoms with Crippen molar-refractivity contribution in [3.63, 3.8) is 0 Å². The molecule has 3 heteroatoms. The van der Waals surface area contributed by atoms with Crippen molar-refractivity contribution < 1.29 is 4.42 Å². The van der Waals surface area contributed by atoms with Crippen LogP contribution in [-0.2, 0) is 5.41 Å². The lowest BCUT2D eigenvalue weighted by molar-refractivity contribution is 0.660. The fourth-order valence-electron chi connectivity index (χ4n) is 10.1. The van der Waals surface area contributed by atoms with Gasteiger partial charge in [-0.15, -0.1) is 0 Å². The second-order valence-corrected chi connectivity index (χ2v) is 16.4. The molecule has 3 nitrogen and oxygen atoms in total. The molecule has 0 saturated heterocycles. The van der Waals surface area contributed by atoms with Crippen LogP contribution in [0.5, 0.6) is 0 Å². The average Bonchev–Trinajstić information content (AvgIpc) is 3.88. The van der Waals surface area contributed by atoms with E-state index >= 15 is 0 Å². The Morgan fingerprint density at radius 3 is 2.17 bits per heavy atom. The summed E-state index contributed by atoms with van der Waals surface area (Å²) >= 11 is 0. The van der Waals surface area contributed by atoms with Crippen LogP contribution in [0.1, 0.15) is 37.8 Å². The van der Waals surface area contributed by atoms with Gasteiger partial charge in [0, 0.05) is 61.0 Å². The van der Waals surface area contributed by atoms with Crippen LogP contribution in [0.4, 0.5) is 11.4 Å². The van der Waals surface area contributed by atoms with Gasteiger partial charge in [-0.05, 0) is 88.5 Å². The lowest BCUT2D eigenvalue weighted by atomic mass is 9.82. The van der Waals surface area contributed by atoms with Crippen molar-refractivity contribution in [3.8, 4) is 27.9 Å². The minimum Gasteiger partial charge on any atom is -0.456 e. The molecule has 0 atom stereocenters. The second kappa shape index (κ2) is 12.4. The summed E-state index contributed by atoms with van der Waals surface area (Å²) in [5.41, 5.74) is 16.4. The van der Waals surface area contributed by atoms with E-state index in [9.17, 15) is 0 Å². The van der Waals surface area contributed by atoms with Gasteiger partial charge < -0.3 is 13.9 Å². The number of fused-ring (bicyclic) bond motifs is 10. The van der Waals surface area contributed by atoms with Crippen LogP contribution < -0.4 is 4.90 Å². The molecule has 0 spiro atoms. The van der Waals surface area contributed by atoms with Gasteiger partial charge in [0.2, 0.25) is 0 Å². The van der Waals surface area contributed by atoms with Gasteiger partial charge in [-0.1, -0.05) is 147 Å². The molecule has 0 bridgehead atoms. The monoisotopic (exact) mass is 744 g/mol. The van der Waals surface area contributed by atoms with Gasteiger partial charge in [0.25, 0.3) is 0 Å². The Hall–Kier alpha value is -7.10. The SMILES string of the molecule is CC1(C)c2ccccc2-c2ccc(N(C3=CCCC=C3)c3ccc4c5c(-c6ccccc6)c6c(cc5n(-c5cccc7ccccc57)c4c3)oc3ccccc36)cc21. The molecule has 0 N–H and O–H groups in total. The Morgan fingerprint density at radius 1 is 0.552 bits per heavy atom. The largest absolute Gasteiger partial charge is 0.456 e. The zero-order valence-corrected chi connectivity index (χ0v) is 32.5. The summed E-state index contributed by atoms with van der Waals surface area (Å²) in [5, 5.41) is 7.12. The molecule has 0 amide bonds. The molecule has 8 aromatic carbocycles. The molecule has 58 heavy (non-hydrogen) atoms. The molecule has 0 aliphatic heterocycles. The number of hydrogen-bond acceptors (Lipinski definition) is 2. The predicted molar refractivity (Wildman–Crippen MR) is 244 cm³/mol. The lowest BCUT2D eigenvalue weighted by Crippen LogP contribution is -2.19. The molecule has 2 aliphatic carbocycles. The van der Waals surface area contributed by atoms with Crippen LogP contribution >= 0.6 is 0 Å². The van der Waals surface area contributed by atoms with Crippen molar-refractivity contribution in [1.82, 2.24) is 4.57 Å². The number of allylic oxidation sites excluding steroid dienone is 3. The Labute approximate surface area is 337 Å². The Balaban J connectivity index is 1.19. The van der Waals surface area contributed by atoms with Gasteiger partial charge >= 0.3 is 0 Å². The van der Waals surface area contributed by atoms with E-state index in [4.69, 9.17) is 4.42 Å². The summed E-state index contributed by atoms with van der Waals surface area (Å²) in [6.45, 7) is 4.73. The maximum atomic E-state index is 6.74. The van der Waals surface area contributed by atoms with E-state index in [0.29, 0.717) is 0 Å². The molecular weight excluding hydrogens is 705 g/mol. The number of para-hydroxylation sites is 1. The van der Waals surface area contributed by atoms with Crippen LogP contribution in [0.15, 0.2) is 192 Å². The number of rotatable bonds is 5. The molecule has 0 saturated carbocycles. The third kappa shape index (κ3) is 4.74. The molecule has 2 aromatic heterocycles. The normalized spacial score (nSPS) is 14.4. The Morgan fingerprint density at radius 2 is 1.29 bits per heavy atom. The lowest BCUT2D eigenvalue weighted by Gasteiger charge is -2.30. The van der Waals surface area contributed by atoms with Gasteiger partial charge in [-0.2, -0.15) is 0 Å². The zero-order valence-electron chi connectivity index (χ0n) is 32.5. The van der Waals surface area contributed by atoms with Crippen molar-refractivity contribution in [2.45, 2.75) is 32.1 Å². The van der Waals surface area contributed by atoms with E-state index in [-0.39, 0.29) is 5.41 Å².